The minimum absolute atomic E-state index is 0.0253. The molecule has 26 heavy (non-hydrogen) atoms. The van der Waals surface area contributed by atoms with Crippen LogP contribution in [0.3, 0.4) is 0 Å². The second-order valence-electron chi connectivity index (χ2n) is 5.95. The summed E-state index contributed by atoms with van der Waals surface area (Å²) in [7, 11) is 0. The third-order valence-corrected chi connectivity index (χ3v) is 4.44. The summed E-state index contributed by atoms with van der Waals surface area (Å²) >= 11 is 6.08. The van der Waals surface area contributed by atoms with Crippen LogP contribution < -0.4 is 5.32 Å². The van der Waals surface area contributed by atoms with Gasteiger partial charge in [-0.1, -0.05) is 48.0 Å². The summed E-state index contributed by atoms with van der Waals surface area (Å²) in [5.74, 6) is 0.690. The lowest BCUT2D eigenvalue weighted by atomic mass is 10.1. The Bertz CT molecular complexity index is 1030. The van der Waals surface area contributed by atoms with Crippen LogP contribution in [0.15, 0.2) is 67.0 Å². The Balaban J connectivity index is 1.67. The summed E-state index contributed by atoms with van der Waals surface area (Å²) in [6.45, 7) is -0.0253. The van der Waals surface area contributed by atoms with Gasteiger partial charge in [-0.25, -0.2) is 9.97 Å². The molecule has 0 fully saturated rings. The molecule has 0 unspecified atom stereocenters. The van der Waals surface area contributed by atoms with E-state index in [1.54, 1.807) is 6.20 Å². The van der Waals surface area contributed by atoms with Gasteiger partial charge in [-0.15, -0.1) is 0 Å². The third-order valence-electron chi connectivity index (χ3n) is 4.23. The fourth-order valence-corrected chi connectivity index (χ4v) is 3.11. The van der Waals surface area contributed by atoms with Crippen molar-refractivity contribution in [2.24, 2.45) is 0 Å². The summed E-state index contributed by atoms with van der Waals surface area (Å²) < 4.78 is 0. The molecule has 0 spiro atoms. The van der Waals surface area contributed by atoms with Crippen molar-refractivity contribution in [1.82, 2.24) is 15.0 Å². The molecule has 0 saturated carbocycles. The Morgan fingerprint density at radius 3 is 2.77 bits per heavy atom. The number of halogens is 1. The van der Waals surface area contributed by atoms with Crippen molar-refractivity contribution in [3.05, 3.63) is 77.6 Å². The zero-order valence-electron chi connectivity index (χ0n) is 13.9. The van der Waals surface area contributed by atoms with Crippen molar-refractivity contribution in [2.75, 3.05) is 11.9 Å². The number of rotatable bonds is 5. The molecule has 0 bridgehead atoms. The van der Waals surface area contributed by atoms with Gasteiger partial charge in [-0.05, 0) is 23.8 Å². The largest absolute Gasteiger partial charge is 0.394 e. The molecule has 5 nitrogen and oxygen atoms in total. The highest BCUT2D eigenvalue weighted by Crippen LogP contribution is 2.29. The fraction of sp³-hybridized carbons (Fsp3) is 0.100. The maximum absolute atomic E-state index is 9.75. The van der Waals surface area contributed by atoms with E-state index in [0.717, 1.165) is 27.9 Å². The van der Waals surface area contributed by atoms with Crippen LogP contribution in [0.4, 0.5) is 5.82 Å². The number of aromatic nitrogens is 3. The van der Waals surface area contributed by atoms with Crippen LogP contribution in [-0.2, 0) is 0 Å². The van der Waals surface area contributed by atoms with Gasteiger partial charge in [0.05, 0.1) is 23.4 Å². The Morgan fingerprint density at radius 2 is 1.96 bits per heavy atom. The first-order valence-corrected chi connectivity index (χ1v) is 8.65. The number of aliphatic hydroxyl groups excluding tert-OH is 1. The molecule has 0 aliphatic heterocycles. The maximum Gasteiger partial charge on any atom is 0.138 e. The summed E-state index contributed by atoms with van der Waals surface area (Å²) in [5, 5.41) is 14.5. The number of nitrogens with zero attached hydrogens (tertiary/aromatic N) is 2. The second kappa shape index (κ2) is 7.15. The molecule has 0 aliphatic rings. The monoisotopic (exact) mass is 364 g/mol. The van der Waals surface area contributed by atoms with Crippen molar-refractivity contribution in [3.63, 3.8) is 0 Å². The Labute approximate surface area is 155 Å². The van der Waals surface area contributed by atoms with E-state index >= 15 is 0 Å². The van der Waals surface area contributed by atoms with Crippen LogP contribution >= 0.6 is 11.6 Å². The molecule has 0 radical (unpaired) electrons. The highest BCUT2D eigenvalue weighted by Gasteiger charge is 2.13. The molecule has 3 heterocycles. The van der Waals surface area contributed by atoms with E-state index in [1.807, 2.05) is 60.8 Å². The van der Waals surface area contributed by atoms with Gasteiger partial charge in [-0.2, -0.15) is 0 Å². The number of fused-ring (bicyclic) bond motifs is 1. The predicted molar refractivity (Wildman–Crippen MR) is 104 cm³/mol. The fourth-order valence-electron chi connectivity index (χ4n) is 2.95. The van der Waals surface area contributed by atoms with Gasteiger partial charge in [0.15, 0.2) is 0 Å². The number of aromatic amines is 1. The molecule has 4 rings (SSSR count). The van der Waals surface area contributed by atoms with E-state index in [0.29, 0.717) is 10.8 Å². The lowest BCUT2D eigenvalue weighted by Gasteiger charge is -2.17. The van der Waals surface area contributed by atoms with E-state index in [-0.39, 0.29) is 12.6 Å². The summed E-state index contributed by atoms with van der Waals surface area (Å²) in [6.07, 6.45) is 3.49. The zero-order valence-corrected chi connectivity index (χ0v) is 14.6. The van der Waals surface area contributed by atoms with Crippen molar-refractivity contribution >= 4 is 28.5 Å². The molecule has 0 aliphatic carbocycles. The predicted octanol–water partition coefficient (Wildman–Crippen LogP) is 4.42. The quantitative estimate of drug-likeness (QED) is 0.490. The van der Waals surface area contributed by atoms with E-state index < -0.39 is 0 Å². The zero-order chi connectivity index (χ0) is 17.9. The highest BCUT2D eigenvalue weighted by atomic mass is 35.5. The summed E-state index contributed by atoms with van der Waals surface area (Å²) in [6, 6.07) is 17.2. The van der Waals surface area contributed by atoms with Gasteiger partial charge in [0.25, 0.3) is 0 Å². The average molecular weight is 365 g/mol. The number of aliphatic hydroxyl groups is 1. The number of benzene rings is 1. The second-order valence-corrected chi connectivity index (χ2v) is 6.39. The molecule has 0 amide bonds. The molecule has 6 heteroatoms. The normalized spacial score (nSPS) is 12.2. The van der Waals surface area contributed by atoms with Crippen molar-refractivity contribution < 1.29 is 5.11 Å². The molecular formula is C20H17ClN4O. The molecule has 3 N–H and O–H groups in total. The van der Waals surface area contributed by atoms with Crippen molar-refractivity contribution in [2.45, 2.75) is 6.04 Å². The average Bonchev–Trinajstić information content (AvgIpc) is 3.10. The van der Waals surface area contributed by atoms with E-state index in [9.17, 15) is 5.11 Å². The lowest BCUT2D eigenvalue weighted by Crippen LogP contribution is -2.15. The maximum atomic E-state index is 9.75. The first kappa shape index (κ1) is 16.6. The molecule has 3 aromatic heterocycles. The van der Waals surface area contributed by atoms with Crippen molar-refractivity contribution in [3.8, 4) is 11.3 Å². The van der Waals surface area contributed by atoms with Gasteiger partial charge in [0.1, 0.15) is 11.5 Å². The molecule has 1 aromatic carbocycles. The summed E-state index contributed by atoms with van der Waals surface area (Å²) in [4.78, 5) is 12.1. The van der Waals surface area contributed by atoms with Crippen LogP contribution in [0.1, 0.15) is 11.6 Å². The number of nitrogens with one attached hydrogen (secondary N) is 2. The third kappa shape index (κ3) is 3.27. The van der Waals surface area contributed by atoms with Crippen molar-refractivity contribution in [1.29, 1.82) is 0 Å². The van der Waals surface area contributed by atoms with Crippen LogP contribution in [-0.4, -0.2) is 26.7 Å². The SMILES string of the molecule is OC[C@@H](Nc1cccc(-c2c[nH]c3ncc(Cl)cc23)n1)c1ccccc1. The first-order chi connectivity index (χ1) is 12.7. The van der Waals surface area contributed by atoms with Crippen LogP contribution in [0, 0.1) is 0 Å². The molecule has 130 valence electrons. The van der Waals surface area contributed by atoms with Gasteiger partial charge in [-0.3, -0.25) is 0 Å². The van der Waals surface area contributed by atoms with Gasteiger partial charge in [0.2, 0.25) is 0 Å². The number of pyridine rings is 2. The summed E-state index contributed by atoms with van der Waals surface area (Å²) in [5.41, 5.74) is 3.50. The Hall–Kier alpha value is -2.89. The molecule has 1 atom stereocenters. The number of anilines is 1. The van der Waals surface area contributed by atoms with Crippen LogP contribution in [0.25, 0.3) is 22.3 Å². The Kier molecular flexibility index (Phi) is 4.56. The van der Waals surface area contributed by atoms with Gasteiger partial charge >= 0.3 is 0 Å². The first-order valence-electron chi connectivity index (χ1n) is 8.27. The van der Waals surface area contributed by atoms with Crippen LogP contribution in [0.2, 0.25) is 5.02 Å². The van der Waals surface area contributed by atoms with E-state index in [2.05, 4.69) is 15.3 Å². The number of hydrogen-bond donors (Lipinski definition) is 3. The molecular weight excluding hydrogens is 348 g/mol. The van der Waals surface area contributed by atoms with E-state index in [4.69, 9.17) is 16.6 Å². The lowest BCUT2D eigenvalue weighted by molar-refractivity contribution is 0.276. The molecule has 4 aromatic rings. The smallest absolute Gasteiger partial charge is 0.138 e. The van der Waals surface area contributed by atoms with Gasteiger partial charge in [0, 0.05) is 23.3 Å². The molecule has 0 saturated heterocycles. The number of hydrogen-bond acceptors (Lipinski definition) is 4. The standard InChI is InChI=1S/C20H17ClN4O/c21-14-9-15-16(11-23-20(15)22-10-14)17-7-4-8-19(24-17)25-18(12-26)13-5-2-1-3-6-13/h1-11,18,26H,12H2,(H,22,23)(H,24,25)/t18-/m1/s1. The highest BCUT2D eigenvalue weighted by molar-refractivity contribution is 6.31. The minimum atomic E-state index is -0.224. The minimum Gasteiger partial charge on any atom is -0.394 e. The van der Waals surface area contributed by atoms with Crippen LogP contribution in [0.5, 0.6) is 0 Å². The van der Waals surface area contributed by atoms with Gasteiger partial charge < -0.3 is 15.4 Å². The van der Waals surface area contributed by atoms with E-state index in [1.165, 1.54) is 0 Å². The number of H-pyrrole nitrogens is 1. The topological polar surface area (TPSA) is 73.8 Å². The Morgan fingerprint density at radius 1 is 1.12 bits per heavy atom.